The number of aryl methyl sites for hydroxylation is 1. The molecule has 0 aliphatic carbocycles. The van der Waals surface area contributed by atoms with Crippen LogP contribution in [0.3, 0.4) is 0 Å². The molecule has 0 atom stereocenters. The summed E-state index contributed by atoms with van der Waals surface area (Å²) in [7, 11) is -2.16. The average Bonchev–Trinajstić information content (AvgIpc) is 2.94. The van der Waals surface area contributed by atoms with Gasteiger partial charge in [0, 0.05) is 30.3 Å². The van der Waals surface area contributed by atoms with E-state index in [-0.39, 0.29) is 5.56 Å². The Morgan fingerprint density at radius 1 is 1.31 bits per heavy atom. The SMILES string of the molecule is CC(C)COc1ccc(-c2nn(C)c3cc(C(=O)NS(C)(=O)=O)c(F)cc23)cn1. The predicted molar refractivity (Wildman–Crippen MR) is 107 cm³/mol. The molecule has 1 amide bonds. The monoisotopic (exact) mass is 420 g/mol. The van der Waals surface area contributed by atoms with Gasteiger partial charge in [-0.2, -0.15) is 5.10 Å². The van der Waals surface area contributed by atoms with E-state index in [4.69, 9.17) is 4.74 Å². The number of fused-ring (bicyclic) bond motifs is 1. The topological polar surface area (TPSA) is 103 Å². The van der Waals surface area contributed by atoms with E-state index in [1.54, 1.807) is 30.1 Å². The molecule has 0 aliphatic rings. The molecular weight excluding hydrogens is 399 g/mol. The third-order valence-electron chi connectivity index (χ3n) is 4.04. The lowest BCUT2D eigenvalue weighted by molar-refractivity contribution is 0.0978. The Morgan fingerprint density at radius 2 is 2.03 bits per heavy atom. The molecule has 29 heavy (non-hydrogen) atoms. The molecule has 0 fully saturated rings. The van der Waals surface area contributed by atoms with Crippen molar-refractivity contribution < 1.29 is 22.3 Å². The zero-order chi connectivity index (χ0) is 21.3. The van der Waals surface area contributed by atoms with Crippen molar-refractivity contribution in [3.05, 3.63) is 41.8 Å². The van der Waals surface area contributed by atoms with E-state index in [1.807, 2.05) is 13.8 Å². The third kappa shape index (κ3) is 4.70. The number of ether oxygens (including phenoxy) is 1. The standard InChI is InChI=1S/C19H21FN4O4S/c1-11(2)10-28-17-6-5-12(9-21-17)18-14-7-15(20)13(8-16(14)24(3)22-18)19(25)23-29(4,26)27/h5-9,11H,10H2,1-4H3,(H,23,25). The van der Waals surface area contributed by atoms with Gasteiger partial charge in [0.2, 0.25) is 15.9 Å². The number of hydrogen-bond donors (Lipinski definition) is 1. The van der Waals surface area contributed by atoms with E-state index in [2.05, 4.69) is 10.1 Å². The van der Waals surface area contributed by atoms with Crippen molar-refractivity contribution in [1.82, 2.24) is 19.5 Å². The van der Waals surface area contributed by atoms with Crippen LogP contribution in [-0.2, 0) is 17.1 Å². The highest BCUT2D eigenvalue weighted by Gasteiger charge is 2.20. The zero-order valence-electron chi connectivity index (χ0n) is 16.4. The molecule has 0 spiro atoms. The van der Waals surface area contributed by atoms with E-state index in [9.17, 15) is 17.6 Å². The molecule has 154 valence electrons. The molecule has 2 aromatic heterocycles. The highest BCUT2D eigenvalue weighted by atomic mass is 32.2. The number of benzene rings is 1. The zero-order valence-corrected chi connectivity index (χ0v) is 17.2. The molecule has 1 aromatic carbocycles. The van der Waals surface area contributed by atoms with Crippen molar-refractivity contribution in [1.29, 1.82) is 0 Å². The van der Waals surface area contributed by atoms with Gasteiger partial charge in [-0.1, -0.05) is 13.8 Å². The number of carbonyl (C=O) groups is 1. The number of carbonyl (C=O) groups excluding carboxylic acids is 1. The largest absolute Gasteiger partial charge is 0.477 e. The first-order valence-corrected chi connectivity index (χ1v) is 10.7. The minimum atomic E-state index is -3.81. The molecule has 0 saturated heterocycles. The second-order valence-electron chi connectivity index (χ2n) is 7.11. The maximum Gasteiger partial charge on any atom is 0.267 e. The quantitative estimate of drug-likeness (QED) is 0.657. The number of hydrogen-bond acceptors (Lipinski definition) is 6. The summed E-state index contributed by atoms with van der Waals surface area (Å²) < 4.78 is 45.9. The summed E-state index contributed by atoms with van der Waals surface area (Å²) in [4.78, 5) is 16.3. The van der Waals surface area contributed by atoms with Gasteiger partial charge in [0.1, 0.15) is 11.5 Å². The number of pyridine rings is 1. The van der Waals surface area contributed by atoms with Gasteiger partial charge >= 0.3 is 0 Å². The van der Waals surface area contributed by atoms with Crippen LogP contribution in [0.2, 0.25) is 0 Å². The molecule has 0 saturated carbocycles. The Morgan fingerprint density at radius 3 is 2.62 bits per heavy atom. The number of aromatic nitrogens is 3. The van der Waals surface area contributed by atoms with Crippen molar-refractivity contribution in [3.63, 3.8) is 0 Å². The van der Waals surface area contributed by atoms with Crippen LogP contribution in [0.4, 0.5) is 4.39 Å². The summed E-state index contributed by atoms with van der Waals surface area (Å²) in [6.45, 7) is 4.61. The highest BCUT2D eigenvalue weighted by molar-refractivity contribution is 7.89. The van der Waals surface area contributed by atoms with Gasteiger partial charge in [-0.05, 0) is 24.1 Å². The fourth-order valence-electron chi connectivity index (χ4n) is 2.75. The van der Waals surface area contributed by atoms with E-state index in [0.717, 1.165) is 12.3 Å². The Kier molecular flexibility index (Phi) is 5.56. The normalized spacial score (nSPS) is 11.8. The van der Waals surface area contributed by atoms with Crippen molar-refractivity contribution >= 4 is 26.8 Å². The van der Waals surface area contributed by atoms with Crippen LogP contribution in [0.1, 0.15) is 24.2 Å². The molecule has 0 bridgehead atoms. The van der Waals surface area contributed by atoms with E-state index < -0.39 is 21.7 Å². The molecule has 0 unspecified atom stereocenters. The smallest absolute Gasteiger partial charge is 0.267 e. The van der Waals surface area contributed by atoms with E-state index >= 15 is 0 Å². The maximum atomic E-state index is 14.6. The number of rotatable bonds is 6. The second kappa shape index (κ2) is 7.78. The molecule has 2 heterocycles. The van der Waals surface area contributed by atoms with Gasteiger partial charge in [0.15, 0.2) is 0 Å². The van der Waals surface area contributed by atoms with Crippen LogP contribution in [0.5, 0.6) is 5.88 Å². The lowest BCUT2D eigenvalue weighted by Gasteiger charge is -2.08. The summed E-state index contributed by atoms with van der Waals surface area (Å²) >= 11 is 0. The highest BCUT2D eigenvalue weighted by Crippen LogP contribution is 2.30. The fraction of sp³-hybridized carbons (Fsp3) is 0.316. The number of halogens is 1. The van der Waals surface area contributed by atoms with Crippen molar-refractivity contribution in [3.8, 4) is 17.1 Å². The third-order valence-corrected chi connectivity index (χ3v) is 4.59. The van der Waals surface area contributed by atoms with Crippen molar-refractivity contribution in [2.24, 2.45) is 13.0 Å². The number of sulfonamides is 1. The Bertz CT molecular complexity index is 1170. The lowest BCUT2D eigenvalue weighted by atomic mass is 10.1. The number of nitrogens with zero attached hydrogens (tertiary/aromatic N) is 3. The molecule has 1 N–H and O–H groups in total. The van der Waals surface area contributed by atoms with Gasteiger partial charge in [-0.15, -0.1) is 0 Å². The Hall–Kier alpha value is -3.01. The lowest BCUT2D eigenvalue weighted by Crippen LogP contribution is -2.30. The van der Waals surface area contributed by atoms with Gasteiger partial charge < -0.3 is 4.74 Å². The Balaban J connectivity index is 1.99. The first kappa shape index (κ1) is 20.7. The first-order chi connectivity index (χ1) is 13.5. The minimum Gasteiger partial charge on any atom is -0.477 e. The van der Waals surface area contributed by atoms with Crippen LogP contribution in [-0.4, -0.2) is 42.0 Å². The number of amides is 1. The molecule has 10 heteroatoms. The van der Waals surface area contributed by atoms with Gasteiger partial charge in [0.25, 0.3) is 5.91 Å². The molecule has 0 radical (unpaired) electrons. The summed E-state index contributed by atoms with van der Waals surface area (Å²) in [5.74, 6) is -1.04. The van der Waals surface area contributed by atoms with Gasteiger partial charge in [0.05, 0.1) is 23.9 Å². The summed E-state index contributed by atoms with van der Waals surface area (Å²) in [5, 5.41) is 4.87. The summed E-state index contributed by atoms with van der Waals surface area (Å²) in [5.41, 5.74) is 1.23. The van der Waals surface area contributed by atoms with Crippen molar-refractivity contribution in [2.45, 2.75) is 13.8 Å². The van der Waals surface area contributed by atoms with Crippen LogP contribution in [0.15, 0.2) is 30.5 Å². The molecule has 0 aliphatic heterocycles. The van der Waals surface area contributed by atoms with Crippen LogP contribution < -0.4 is 9.46 Å². The predicted octanol–water partition coefficient (Wildman–Crippen LogP) is 2.50. The van der Waals surface area contributed by atoms with Gasteiger partial charge in [-0.25, -0.2) is 22.5 Å². The fourth-order valence-corrected chi connectivity index (χ4v) is 3.19. The Labute approximate surface area is 167 Å². The molecule has 3 aromatic rings. The van der Waals surface area contributed by atoms with Crippen molar-refractivity contribution in [2.75, 3.05) is 12.9 Å². The minimum absolute atomic E-state index is 0.369. The number of nitrogens with one attached hydrogen (secondary N) is 1. The van der Waals surface area contributed by atoms with E-state index in [1.165, 1.54) is 10.7 Å². The molecule has 3 rings (SSSR count). The molecular formula is C19H21FN4O4S. The van der Waals surface area contributed by atoms with E-state index in [0.29, 0.717) is 40.6 Å². The van der Waals surface area contributed by atoms with Crippen LogP contribution in [0.25, 0.3) is 22.2 Å². The summed E-state index contributed by atoms with van der Waals surface area (Å²) in [6, 6.07) is 5.92. The maximum absolute atomic E-state index is 14.6. The second-order valence-corrected chi connectivity index (χ2v) is 8.86. The van der Waals surface area contributed by atoms with Gasteiger partial charge in [-0.3, -0.25) is 9.48 Å². The van der Waals surface area contributed by atoms with Crippen LogP contribution >= 0.6 is 0 Å². The first-order valence-electron chi connectivity index (χ1n) is 8.82. The molecule has 8 nitrogen and oxygen atoms in total. The average molecular weight is 420 g/mol. The van der Waals surface area contributed by atoms with Crippen LogP contribution in [0, 0.1) is 11.7 Å². The summed E-state index contributed by atoms with van der Waals surface area (Å²) in [6.07, 6.45) is 2.41.